The van der Waals surface area contributed by atoms with Gasteiger partial charge in [0.1, 0.15) is 36.1 Å². The quantitative estimate of drug-likeness (QED) is 0.565. The van der Waals surface area contributed by atoms with Crippen molar-refractivity contribution in [3.63, 3.8) is 0 Å². The second-order valence-electron chi connectivity index (χ2n) is 7.19. The molecule has 2 aromatic rings. The first kappa shape index (κ1) is 21.1. The van der Waals surface area contributed by atoms with E-state index in [1.165, 1.54) is 24.3 Å². The van der Waals surface area contributed by atoms with Crippen LogP contribution in [0.4, 0.5) is 4.39 Å². The number of ether oxygens (including phenoxy) is 2. The summed E-state index contributed by atoms with van der Waals surface area (Å²) in [5, 5.41) is 22.0. The number of aliphatic carboxylic acids is 1. The fraction of sp³-hybridized carbons (Fsp3) is 0.409. The summed E-state index contributed by atoms with van der Waals surface area (Å²) >= 11 is 0. The number of fused-ring (bicyclic) bond motifs is 1. The molecule has 0 aromatic heterocycles. The molecule has 0 spiro atoms. The van der Waals surface area contributed by atoms with E-state index >= 15 is 0 Å². The monoisotopic (exact) mass is 403 g/mol. The third-order valence-electron chi connectivity index (χ3n) is 4.79. The maximum absolute atomic E-state index is 12.9. The second-order valence-corrected chi connectivity index (χ2v) is 7.19. The zero-order chi connectivity index (χ0) is 20.6. The molecule has 29 heavy (non-hydrogen) atoms. The summed E-state index contributed by atoms with van der Waals surface area (Å²) < 4.78 is 24.3. The van der Waals surface area contributed by atoms with Crippen LogP contribution in [0.25, 0.3) is 0 Å². The number of nitrogens with one attached hydrogen (secondary N) is 1. The van der Waals surface area contributed by atoms with Gasteiger partial charge in [0, 0.05) is 19.5 Å². The first-order valence-corrected chi connectivity index (χ1v) is 9.77. The molecular weight excluding hydrogens is 377 g/mol. The largest absolute Gasteiger partial charge is 0.491 e. The lowest BCUT2D eigenvalue weighted by atomic mass is 9.98. The number of aliphatic hydroxyl groups excluding tert-OH is 1. The Kier molecular flexibility index (Phi) is 7.43. The molecule has 156 valence electrons. The molecule has 2 aromatic carbocycles. The van der Waals surface area contributed by atoms with Crippen LogP contribution in [0.2, 0.25) is 0 Å². The molecule has 0 radical (unpaired) electrons. The van der Waals surface area contributed by atoms with Crippen molar-refractivity contribution in [2.75, 3.05) is 19.7 Å². The number of aryl methyl sites for hydroxylation is 2. The van der Waals surface area contributed by atoms with E-state index in [1.807, 2.05) is 18.2 Å². The number of aliphatic hydroxyl groups is 1. The van der Waals surface area contributed by atoms with Crippen molar-refractivity contribution in [1.29, 1.82) is 0 Å². The average molecular weight is 403 g/mol. The molecule has 3 rings (SSSR count). The van der Waals surface area contributed by atoms with E-state index in [9.17, 15) is 14.3 Å². The van der Waals surface area contributed by atoms with Gasteiger partial charge < -0.3 is 25.0 Å². The fourth-order valence-electron chi connectivity index (χ4n) is 3.24. The molecule has 0 bridgehead atoms. The maximum Gasteiger partial charge on any atom is 0.303 e. The second kappa shape index (κ2) is 10.2. The lowest BCUT2D eigenvalue weighted by Gasteiger charge is -2.27. The molecule has 0 aliphatic carbocycles. The zero-order valence-electron chi connectivity index (χ0n) is 16.1. The molecule has 6 nitrogen and oxygen atoms in total. The molecule has 0 saturated heterocycles. The highest BCUT2D eigenvalue weighted by atomic mass is 19.1. The van der Waals surface area contributed by atoms with Crippen LogP contribution < -0.4 is 14.8 Å². The molecule has 0 amide bonds. The Hall–Kier alpha value is -2.64. The van der Waals surface area contributed by atoms with Crippen LogP contribution in [0.1, 0.15) is 24.0 Å². The van der Waals surface area contributed by atoms with E-state index in [4.69, 9.17) is 14.6 Å². The minimum atomic E-state index is -0.796. The Morgan fingerprint density at radius 1 is 1.28 bits per heavy atom. The Bertz CT molecular complexity index is 811. The molecule has 0 unspecified atom stereocenters. The van der Waals surface area contributed by atoms with Crippen LogP contribution in [0.5, 0.6) is 11.5 Å². The minimum Gasteiger partial charge on any atom is -0.491 e. The normalized spacial score (nSPS) is 16.6. The fourth-order valence-corrected chi connectivity index (χ4v) is 3.24. The summed E-state index contributed by atoms with van der Waals surface area (Å²) in [7, 11) is 0. The van der Waals surface area contributed by atoms with Gasteiger partial charge in [-0.25, -0.2) is 4.39 Å². The highest BCUT2D eigenvalue weighted by Gasteiger charge is 2.20. The van der Waals surface area contributed by atoms with Gasteiger partial charge in [0.05, 0.1) is 0 Å². The molecular formula is C22H26FNO5. The third kappa shape index (κ3) is 6.73. The maximum atomic E-state index is 12.9. The van der Waals surface area contributed by atoms with Gasteiger partial charge in [-0.15, -0.1) is 0 Å². The molecule has 1 aliphatic rings. The summed E-state index contributed by atoms with van der Waals surface area (Å²) in [6.07, 6.45) is 1.69. The van der Waals surface area contributed by atoms with Gasteiger partial charge in [-0.2, -0.15) is 0 Å². The van der Waals surface area contributed by atoms with Gasteiger partial charge >= 0.3 is 5.97 Å². The van der Waals surface area contributed by atoms with Crippen molar-refractivity contribution < 1.29 is 28.9 Å². The van der Waals surface area contributed by atoms with Crippen LogP contribution in [0.3, 0.4) is 0 Å². The third-order valence-corrected chi connectivity index (χ3v) is 4.79. The number of rotatable bonds is 10. The predicted molar refractivity (Wildman–Crippen MR) is 106 cm³/mol. The predicted octanol–water partition coefficient (Wildman–Crippen LogP) is 2.57. The Morgan fingerprint density at radius 2 is 2.07 bits per heavy atom. The molecule has 1 heterocycles. The standard InChI is InChI=1S/C22H26FNO5/c23-17-4-7-19(8-5-17)28-14-18(25)12-24-13-20-6-3-16-11-15(2-10-22(26)27)1-9-21(16)29-20/h1,4-5,7-9,11,18,20,24-25H,2-3,6,10,12-14H2,(H,26,27)/t18-,20+/m0/s1. The van der Waals surface area contributed by atoms with Gasteiger partial charge in [0.2, 0.25) is 0 Å². The summed E-state index contributed by atoms with van der Waals surface area (Å²) in [6, 6.07) is 11.5. The summed E-state index contributed by atoms with van der Waals surface area (Å²) in [4.78, 5) is 10.7. The topological polar surface area (TPSA) is 88.0 Å². The Morgan fingerprint density at radius 3 is 2.83 bits per heavy atom. The smallest absolute Gasteiger partial charge is 0.303 e. The van der Waals surface area contributed by atoms with E-state index in [1.54, 1.807) is 0 Å². The number of halogens is 1. The molecule has 7 heteroatoms. The first-order valence-electron chi connectivity index (χ1n) is 9.77. The number of hydrogen-bond acceptors (Lipinski definition) is 5. The van der Waals surface area contributed by atoms with Gasteiger partial charge in [-0.1, -0.05) is 12.1 Å². The number of carboxylic acids is 1. The van der Waals surface area contributed by atoms with Crippen LogP contribution in [0.15, 0.2) is 42.5 Å². The van der Waals surface area contributed by atoms with E-state index in [2.05, 4.69) is 5.32 Å². The van der Waals surface area contributed by atoms with Gasteiger partial charge in [-0.3, -0.25) is 4.79 Å². The lowest BCUT2D eigenvalue weighted by Crippen LogP contribution is -2.39. The van der Waals surface area contributed by atoms with Gasteiger partial charge in [-0.05, 0) is 60.7 Å². The zero-order valence-corrected chi connectivity index (χ0v) is 16.1. The molecule has 3 N–H and O–H groups in total. The van der Waals surface area contributed by atoms with E-state index < -0.39 is 12.1 Å². The van der Waals surface area contributed by atoms with Crippen molar-refractivity contribution in [3.05, 3.63) is 59.4 Å². The van der Waals surface area contributed by atoms with E-state index in [0.717, 1.165) is 29.7 Å². The first-order chi connectivity index (χ1) is 14.0. The summed E-state index contributed by atoms with van der Waals surface area (Å²) in [5.74, 6) is 0.225. The van der Waals surface area contributed by atoms with Crippen LogP contribution >= 0.6 is 0 Å². The minimum absolute atomic E-state index is 0.0117. The summed E-state index contributed by atoms with van der Waals surface area (Å²) in [6.45, 7) is 1.09. The Balaban J connectivity index is 1.37. The van der Waals surface area contributed by atoms with Crippen LogP contribution in [-0.4, -0.2) is 48.1 Å². The number of carboxylic acid groups (broad SMARTS) is 1. The average Bonchev–Trinajstić information content (AvgIpc) is 2.71. The van der Waals surface area contributed by atoms with Gasteiger partial charge in [0.25, 0.3) is 0 Å². The lowest BCUT2D eigenvalue weighted by molar-refractivity contribution is -0.136. The van der Waals surface area contributed by atoms with E-state index in [-0.39, 0.29) is 24.9 Å². The van der Waals surface area contributed by atoms with Crippen molar-refractivity contribution >= 4 is 5.97 Å². The van der Waals surface area contributed by atoms with Crippen molar-refractivity contribution in [3.8, 4) is 11.5 Å². The van der Waals surface area contributed by atoms with Crippen molar-refractivity contribution in [1.82, 2.24) is 5.32 Å². The van der Waals surface area contributed by atoms with Crippen LogP contribution in [-0.2, 0) is 17.6 Å². The molecule has 0 saturated carbocycles. The highest BCUT2D eigenvalue weighted by Crippen LogP contribution is 2.28. The number of benzene rings is 2. The number of hydrogen-bond donors (Lipinski definition) is 3. The molecule has 0 fully saturated rings. The van der Waals surface area contributed by atoms with Crippen LogP contribution in [0, 0.1) is 5.82 Å². The Labute approximate surface area is 169 Å². The van der Waals surface area contributed by atoms with Crippen molar-refractivity contribution in [2.24, 2.45) is 0 Å². The van der Waals surface area contributed by atoms with Gasteiger partial charge in [0.15, 0.2) is 0 Å². The SMILES string of the molecule is O=C(O)CCc1ccc2c(c1)CC[C@H](CNC[C@H](O)COc1ccc(F)cc1)O2. The summed E-state index contributed by atoms with van der Waals surface area (Å²) in [5.41, 5.74) is 2.12. The van der Waals surface area contributed by atoms with Crippen molar-refractivity contribution in [2.45, 2.75) is 37.9 Å². The highest BCUT2D eigenvalue weighted by molar-refractivity contribution is 5.67. The molecule has 1 aliphatic heterocycles. The van der Waals surface area contributed by atoms with E-state index in [0.29, 0.717) is 25.3 Å². The molecule has 2 atom stereocenters. The number of carbonyl (C=O) groups is 1.